The summed E-state index contributed by atoms with van der Waals surface area (Å²) in [4.78, 5) is 4.27. The molecule has 0 aliphatic heterocycles. The molecule has 0 bridgehead atoms. The zero-order chi connectivity index (χ0) is 13.0. The van der Waals surface area contributed by atoms with Crippen LogP contribution < -0.4 is 4.74 Å². The monoisotopic (exact) mass is 369 g/mol. The van der Waals surface area contributed by atoms with E-state index >= 15 is 0 Å². The number of rotatable bonds is 4. The summed E-state index contributed by atoms with van der Waals surface area (Å²) in [6.45, 7) is 0. The quantitative estimate of drug-likeness (QED) is 0.737. The molecule has 1 aromatic carbocycles. The third kappa shape index (κ3) is 3.33. The van der Waals surface area contributed by atoms with Gasteiger partial charge in [-0.05, 0) is 47.9 Å². The molecule has 2 aromatic rings. The number of benzene rings is 1. The fourth-order valence-electron chi connectivity index (χ4n) is 1.72. The molecule has 0 saturated heterocycles. The minimum Gasteiger partial charge on any atom is -0.497 e. The number of methoxy groups -OCH3 is 1. The normalized spacial score (nSPS) is 12.2. The Labute approximate surface area is 124 Å². The maximum Gasteiger partial charge on any atom is 0.119 e. The van der Waals surface area contributed by atoms with Crippen LogP contribution in [0.4, 0.5) is 0 Å². The number of nitrogens with zero attached hydrogens (tertiary/aromatic N) is 1. The number of hydrogen-bond donors (Lipinski definition) is 0. The van der Waals surface area contributed by atoms with E-state index in [1.807, 2.05) is 42.7 Å². The molecule has 1 heterocycles. The van der Waals surface area contributed by atoms with Crippen LogP contribution in [0.1, 0.15) is 16.0 Å². The van der Waals surface area contributed by atoms with E-state index in [9.17, 15) is 0 Å². The first-order valence-corrected chi connectivity index (χ1v) is 7.28. The second-order valence-corrected chi connectivity index (χ2v) is 5.87. The van der Waals surface area contributed by atoms with Gasteiger partial charge in [-0.15, -0.1) is 0 Å². The summed E-state index contributed by atoms with van der Waals surface area (Å²) in [5, 5.41) is 0. The number of halogens is 2. The largest absolute Gasteiger partial charge is 0.497 e. The molecule has 1 atom stereocenters. The summed E-state index contributed by atoms with van der Waals surface area (Å²) in [6.07, 6.45) is 4.54. The van der Waals surface area contributed by atoms with E-state index < -0.39 is 0 Å². The van der Waals surface area contributed by atoms with E-state index in [0.29, 0.717) is 0 Å². The maximum atomic E-state index is 5.26. The number of aromatic nitrogens is 1. The predicted octanol–water partition coefficient (Wildman–Crippen LogP) is 4.53. The first-order chi connectivity index (χ1) is 8.70. The van der Waals surface area contributed by atoms with E-state index in [2.05, 4.69) is 36.8 Å². The Bertz CT molecular complexity index is 516. The molecule has 0 N–H and O–H groups in total. The zero-order valence-corrected chi connectivity index (χ0v) is 13.1. The van der Waals surface area contributed by atoms with Crippen molar-refractivity contribution in [1.82, 2.24) is 4.98 Å². The highest BCUT2D eigenvalue weighted by Crippen LogP contribution is 2.34. The van der Waals surface area contributed by atoms with Crippen molar-refractivity contribution in [3.8, 4) is 5.75 Å². The van der Waals surface area contributed by atoms with Gasteiger partial charge in [0.15, 0.2) is 0 Å². The SMILES string of the molecule is COc1ccc(Br)c(C(Br)Cc2ccncc2)c1. The highest BCUT2D eigenvalue weighted by atomic mass is 79.9. The molecule has 18 heavy (non-hydrogen) atoms. The topological polar surface area (TPSA) is 22.1 Å². The lowest BCUT2D eigenvalue weighted by molar-refractivity contribution is 0.414. The molecule has 1 unspecified atom stereocenters. The van der Waals surface area contributed by atoms with Crippen LogP contribution in [0.3, 0.4) is 0 Å². The van der Waals surface area contributed by atoms with E-state index in [1.54, 1.807) is 7.11 Å². The molecule has 0 aliphatic carbocycles. The van der Waals surface area contributed by atoms with Crippen LogP contribution >= 0.6 is 31.9 Å². The van der Waals surface area contributed by atoms with Crippen molar-refractivity contribution in [2.45, 2.75) is 11.2 Å². The van der Waals surface area contributed by atoms with Crippen molar-refractivity contribution in [1.29, 1.82) is 0 Å². The van der Waals surface area contributed by atoms with Crippen LogP contribution in [-0.4, -0.2) is 12.1 Å². The van der Waals surface area contributed by atoms with Crippen LogP contribution in [0.25, 0.3) is 0 Å². The molecule has 0 fully saturated rings. The predicted molar refractivity (Wildman–Crippen MR) is 80.3 cm³/mol. The van der Waals surface area contributed by atoms with Crippen molar-refractivity contribution in [2.24, 2.45) is 0 Å². The second-order valence-electron chi connectivity index (χ2n) is 3.91. The summed E-state index contributed by atoms with van der Waals surface area (Å²) >= 11 is 7.31. The minimum atomic E-state index is 0.240. The molecule has 2 nitrogen and oxygen atoms in total. The average Bonchev–Trinajstić information content (AvgIpc) is 2.40. The van der Waals surface area contributed by atoms with Gasteiger partial charge in [0.25, 0.3) is 0 Å². The molecule has 0 aliphatic rings. The molecule has 2 rings (SSSR count). The molecular weight excluding hydrogens is 358 g/mol. The number of alkyl halides is 1. The maximum absolute atomic E-state index is 5.26. The third-order valence-electron chi connectivity index (χ3n) is 2.70. The number of ether oxygens (including phenoxy) is 1. The van der Waals surface area contributed by atoms with Crippen LogP contribution in [0.2, 0.25) is 0 Å². The second kappa shape index (κ2) is 6.34. The van der Waals surface area contributed by atoms with Crippen LogP contribution in [0, 0.1) is 0 Å². The molecule has 1 aromatic heterocycles. The summed E-state index contributed by atoms with van der Waals surface area (Å²) in [5.41, 5.74) is 2.44. The Morgan fingerprint density at radius 1 is 1.22 bits per heavy atom. The fourth-order valence-corrected chi connectivity index (χ4v) is 3.31. The van der Waals surface area contributed by atoms with Crippen molar-refractivity contribution >= 4 is 31.9 Å². The van der Waals surface area contributed by atoms with E-state index in [1.165, 1.54) is 11.1 Å². The smallest absolute Gasteiger partial charge is 0.119 e. The summed E-state index contributed by atoms with van der Waals surface area (Å²) < 4.78 is 6.34. The minimum absolute atomic E-state index is 0.240. The van der Waals surface area contributed by atoms with Crippen LogP contribution in [0.15, 0.2) is 47.2 Å². The average molecular weight is 371 g/mol. The van der Waals surface area contributed by atoms with Crippen molar-refractivity contribution in [2.75, 3.05) is 7.11 Å². The highest BCUT2D eigenvalue weighted by Gasteiger charge is 2.13. The summed E-state index contributed by atoms with van der Waals surface area (Å²) in [7, 11) is 1.68. The molecule has 0 amide bonds. The standard InChI is InChI=1S/C14H13Br2NO/c1-18-11-2-3-13(15)12(9-11)14(16)8-10-4-6-17-7-5-10/h2-7,9,14H,8H2,1H3. The Hall–Kier alpha value is -0.870. The lowest BCUT2D eigenvalue weighted by Crippen LogP contribution is -1.97. The zero-order valence-electron chi connectivity index (χ0n) is 9.94. The molecule has 0 radical (unpaired) electrons. The van der Waals surface area contributed by atoms with Gasteiger partial charge in [0.2, 0.25) is 0 Å². The lowest BCUT2D eigenvalue weighted by Gasteiger charge is -2.13. The third-order valence-corrected chi connectivity index (χ3v) is 4.24. The Morgan fingerprint density at radius 2 is 1.94 bits per heavy atom. The van der Waals surface area contributed by atoms with Crippen LogP contribution in [-0.2, 0) is 6.42 Å². The Balaban J connectivity index is 2.20. The molecule has 94 valence electrons. The number of hydrogen-bond acceptors (Lipinski definition) is 2. The molecule has 0 spiro atoms. The van der Waals surface area contributed by atoms with Gasteiger partial charge in [0, 0.05) is 21.7 Å². The number of pyridine rings is 1. The first-order valence-electron chi connectivity index (χ1n) is 5.57. The van der Waals surface area contributed by atoms with Gasteiger partial charge in [-0.1, -0.05) is 31.9 Å². The van der Waals surface area contributed by atoms with E-state index in [-0.39, 0.29) is 4.83 Å². The van der Waals surface area contributed by atoms with Crippen molar-refractivity contribution in [3.05, 3.63) is 58.3 Å². The van der Waals surface area contributed by atoms with Crippen molar-refractivity contribution < 1.29 is 4.74 Å². The van der Waals surface area contributed by atoms with Gasteiger partial charge in [0.05, 0.1) is 7.11 Å². The fraction of sp³-hybridized carbons (Fsp3) is 0.214. The van der Waals surface area contributed by atoms with Crippen molar-refractivity contribution in [3.63, 3.8) is 0 Å². The first kappa shape index (κ1) is 13.6. The molecule has 4 heteroatoms. The van der Waals surface area contributed by atoms with Gasteiger partial charge >= 0.3 is 0 Å². The molecular formula is C14H13Br2NO. The van der Waals surface area contributed by atoms with E-state index in [0.717, 1.165) is 16.6 Å². The van der Waals surface area contributed by atoms with Gasteiger partial charge in [0.1, 0.15) is 5.75 Å². The van der Waals surface area contributed by atoms with Crippen LogP contribution in [0.5, 0.6) is 5.75 Å². The van der Waals surface area contributed by atoms with Gasteiger partial charge in [-0.2, -0.15) is 0 Å². The van der Waals surface area contributed by atoms with Gasteiger partial charge in [-0.3, -0.25) is 4.98 Å². The Morgan fingerprint density at radius 3 is 2.61 bits per heavy atom. The highest BCUT2D eigenvalue weighted by molar-refractivity contribution is 9.11. The van der Waals surface area contributed by atoms with E-state index in [4.69, 9.17) is 4.74 Å². The molecule has 0 saturated carbocycles. The Kier molecular flexibility index (Phi) is 4.78. The van der Waals surface area contributed by atoms with Gasteiger partial charge < -0.3 is 4.74 Å². The lowest BCUT2D eigenvalue weighted by atomic mass is 10.1. The summed E-state index contributed by atoms with van der Waals surface area (Å²) in [6, 6.07) is 10.1. The summed E-state index contributed by atoms with van der Waals surface area (Å²) in [5.74, 6) is 0.868. The van der Waals surface area contributed by atoms with Gasteiger partial charge in [-0.25, -0.2) is 0 Å².